The number of carbonyl (C=O) groups excluding carboxylic acids is 1. The van der Waals surface area contributed by atoms with Gasteiger partial charge in [0.15, 0.2) is 0 Å². The van der Waals surface area contributed by atoms with Gasteiger partial charge >= 0.3 is 0 Å². The Balaban J connectivity index is 1.73. The fourth-order valence-electron chi connectivity index (χ4n) is 3.50. The van der Waals surface area contributed by atoms with Gasteiger partial charge in [-0.15, -0.1) is 6.58 Å². The van der Waals surface area contributed by atoms with Gasteiger partial charge in [0.1, 0.15) is 6.10 Å². The van der Waals surface area contributed by atoms with Crippen molar-refractivity contribution in [2.45, 2.75) is 43.9 Å². The first kappa shape index (κ1) is 16.2. The van der Waals surface area contributed by atoms with Gasteiger partial charge < -0.3 is 14.4 Å². The Morgan fingerprint density at radius 3 is 3.09 bits per heavy atom. The summed E-state index contributed by atoms with van der Waals surface area (Å²) in [5, 5.41) is 4.22. The number of carbonyl (C=O) groups is 1. The highest BCUT2D eigenvalue weighted by Gasteiger charge is 2.41. The van der Waals surface area contributed by atoms with Crippen molar-refractivity contribution >= 4 is 5.91 Å². The van der Waals surface area contributed by atoms with E-state index in [1.165, 1.54) is 0 Å². The Morgan fingerprint density at radius 2 is 2.43 bits per heavy atom. The van der Waals surface area contributed by atoms with Crippen LogP contribution in [0.4, 0.5) is 0 Å². The van der Waals surface area contributed by atoms with Crippen LogP contribution in [0, 0.1) is 0 Å². The largest absolute Gasteiger partial charge is 0.372 e. The quantitative estimate of drug-likeness (QED) is 0.742. The number of ether oxygens (including phenoxy) is 2. The second kappa shape index (κ2) is 7.27. The second-order valence-electron chi connectivity index (χ2n) is 6.28. The van der Waals surface area contributed by atoms with E-state index in [9.17, 15) is 4.79 Å². The Morgan fingerprint density at radius 1 is 1.57 bits per heavy atom. The minimum atomic E-state index is -0.274. The minimum Gasteiger partial charge on any atom is -0.372 e. The Hall–Kier alpha value is -1.66. The standard InChI is InChI=1S/C17H25N3O3/c1-3-8-22-15-6-7-20(17(21)16-5-4-9-23-16)14(15)10-13-11-18-19(2)12-13/h3,11-12,14-16H,1,4-10H2,2H3/t14-,15-,16+/m1/s1. The lowest BCUT2D eigenvalue weighted by Crippen LogP contribution is -2.46. The summed E-state index contributed by atoms with van der Waals surface area (Å²) in [6.45, 7) is 5.64. The Bertz CT molecular complexity index is 551. The first-order valence-electron chi connectivity index (χ1n) is 8.31. The van der Waals surface area contributed by atoms with Gasteiger partial charge in [-0.25, -0.2) is 0 Å². The number of amides is 1. The number of nitrogens with zero attached hydrogens (tertiary/aromatic N) is 3. The third-order valence-electron chi connectivity index (χ3n) is 4.60. The van der Waals surface area contributed by atoms with Gasteiger partial charge in [0.05, 0.1) is 24.9 Å². The molecule has 6 heteroatoms. The molecule has 0 saturated carbocycles. The molecule has 3 rings (SSSR count). The molecule has 2 aliphatic heterocycles. The van der Waals surface area contributed by atoms with Crippen molar-refractivity contribution in [1.82, 2.24) is 14.7 Å². The van der Waals surface area contributed by atoms with E-state index in [0.717, 1.165) is 37.8 Å². The smallest absolute Gasteiger partial charge is 0.252 e. The molecule has 0 spiro atoms. The van der Waals surface area contributed by atoms with Crippen molar-refractivity contribution in [2.24, 2.45) is 7.05 Å². The highest BCUT2D eigenvalue weighted by atomic mass is 16.5. The molecular formula is C17H25N3O3. The van der Waals surface area contributed by atoms with Crippen LogP contribution < -0.4 is 0 Å². The molecule has 0 unspecified atom stereocenters. The van der Waals surface area contributed by atoms with Crippen LogP contribution >= 0.6 is 0 Å². The number of likely N-dealkylation sites (tertiary alicyclic amines) is 1. The van der Waals surface area contributed by atoms with E-state index < -0.39 is 0 Å². The molecule has 1 aromatic rings. The van der Waals surface area contributed by atoms with Gasteiger partial charge in [0, 0.05) is 26.4 Å². The normalized spacial score (nSPS) is 27.5. The first-order valence-corrected chi connectivity index (χ1v) is 8.31. The highest BCUT2D eigenvalue weighted by molar-refractivity contribution is 5.82. The monoisotopic (exact) mass is 319 g/mol. The third-order valence-corrected chi connectivity index (χ3v) is 4.60. The van der Waals surface area contributed by atoms with Gasteiger partial charge in [-0.3, -0.25) is 9.48 Å². The molecule has 3 heterocycles. The van der Waals surface area contributed by atoms with E-state index in [0.29, 0.717) is 13.2 Å². The third kappa shape index (κ3) is 3.64. The summed E-state index contributed by atoms with van der Waals surface area (Å²) in [6.07, 6.45) is 8.79. The van der Waals surface area contributed by atoms with Crippen molar-refractivity contribution in [3.8, 4) is 0 Å². The Labute approximate surface area is 137 Å². The summed E-state index contributed by atoms with van der Waals surface area (Å²) in [5.74, 6) is 0.112. The summed E-state index contributed by atoms with van der Waals surface area (Å²) in [6, 6.07) is 0.0378. The molecule has 0 aromatic carbocycles. The van der Waals surface area contributed by atoms with Gasteiger partial charge in [0.25, 0.3) is 5.91 Å². The van der Waals surface area contributed by atoms with Crippen LogP contribution in [0.3, 0.4) is 0 Å². The van der Waals surface area contributed by atoms with E-state index in [-0.39, 0.29) is 24.2 Å². The molecule has 2 saturated heterocycles. The maximum atomic E-state index is 12.8. The van der Waals surface area contributed by atoms with E-state index in [1.807, 2.05) is 24.3 Å². The van der Waals surface area contributed by atoms with Crippen molar-refractivity contribution in [3.63, 3.8) is 0 Å². The zero-order valence-electron chi connectivity index (χ0n) is 13.7. The minimum absolute atomic E-state index is 0.0378. The molecule has 2 aliphatic rings. The first-order chi connectivity index (χ1) is 11.2. The molecule has 6 nitrogen and oxygen atoms in total. The van der Waals surface area contributed by atoms with Gasteiger partial charge in [-0.05, 0) is 31.2 Å². The maximum Gasteiger partial charge on any atom is 0.252 e. The molecule has 1 amide bonds. The number of aryl methyl sites for hydroxylation is 1. The fourth-order valence-corrected chi connectivity index (χ4v) is 3.50. The number of aromatic nitrogens is 2. The SMILES string of the molecule is C=CCO[C@@H]1CCN(C(=O)[C@@H]2CCCO2)[C@@H]1Cc1cnn(C)c1. The van der Waals surface area contributed by atoms with E-state index in [2.05, 4.69) is 11.7 Å². The van der Waals surface area contributed by atoms with E-state index in [1.54, 1.807) is 10.8 Å². The summed E-state index contributed by atoms with van der Waals surface area (Å²) in [7, 11) is 1.90. The molecule has 0 radical (unpaired) electrons. The van der Waals surface area contributed by atoms with Crippen LogP contribution in [-0.4, -0.2) is 58.6 Å². The van der Waals surface area contributed by atoms with Crippen molar-refractivity contribution in [2.75, 3.05) is 19.8 Å². The van der Waals surface area contributed by atoms with Crippen LogP contribution in [0.1, 0.15) is 24.8 Å². The van der Waals surface area contributed by atoms with Crippen LogP contribution in [0.25, 0.3) is 0 Å². The molecule has 0 N–H and O–H groups in total. The van der Waals surface area contributed by atoms with E-state index >= 15 is 0 Å². The lowest BCUT2D eigenvalue weighted by Gasteiger charge is -2.29. The van der Waals surface area contributed by atoms with Crippen LogP contribution in [0.15, 0.2) is 25.0 Å². The van der Waals surface area contributed by atoms with Crippen molar-refractivity contribution in [1.29, 1.82) is 0 Å². The highest BCUT2D eigenvalue weighted by Crippen LogP contribution is 2.27. The van der Waals surface area contributed by atoms with Crippen LogP contribution in [-0.2, 0) is 27.7 Å². The number of hydrogen-bond donors (Lipinski definition) is 0. The van der Waals surface area contributed by atoms with Crippen LogP contribution in [0.5, 0.6) is 0 Å². The topological polar surface area (TPSA) is 56.6 Å². The zero-order chi connectivity index (χ0) is 16.2. The molecular weight excluding hydrogens is 294 g/mol. The average molecular weight is 319 g/mol. The molecule has 2 fully saturated rings. The second-order valence-corrected chi connectivity index (χ2v) is 6.28. The Kier molecular flexibility index (Phi) is 5.13. The summed E-state index contributed by atoms with van der Waals surface area (Å²) in [4.78, 5) is 14.7. The lowest BCUT2D eigenvalue weighted by atomic mass is 10.0. The summed E-state index contributed by atoms with van der Waals surface area (Å²) >= 11 is 0. The van der Waals surface area contributed by atoms with Gasteiger partial charge in [0.2, 0.25) is 0 Å². The average Bonchev–Trinajstić information content (AvgIpc) is 3.27. The number of rotatable bonds is 6. The molecule has 3 atom stereocenters. The molecule has 0 aliphatic carbocycles. The van der Waals surface area contributed by atoms with Crippen molar-refractivity contribution in [3.05, 3.63) is 30.6 Å². The zero-order valence-corrected chi connectivity index (χ0v) is 13.7. The van der Waals surface area contributed by atoms with E-state index in [4.69, 9.17) is 9.47 Å². The molecule has 1 aromatic heterocycles. The van der Waals surface area contributed by atoms with Gasteiger partial charge in [-0.1, -0.05) is 6.08 Å². The lowest BCUT2D eigenvalue weighted by molar-refractivity contribution is -0.142. The van der Waals surface area contributed by atoms with Crippen molar-refractivity contribution < 1.29 is 14.3 Å². The predicted octanol–water partition coefficient (Wildman–Crippen LogP) is 1.31. The maximum absolute atomic E-state index is 12.8. The summed E-state index contributed by atoms with van der Waals surface area (Å²) < 4.78 is 13.3. The fraction of sp³-hybridized carbons (Fsp3) is 0.647. The van der Waals surface area contributed by atoms with Crippen LogP contribution in [0.2, 0.25) is 0 Å². The molecule has 23 heavy (non-hydrogen) atoms. The predicted molar refractivity (Wildman–Crippen MR) is 85.9 cm³/mol. The summed E-state index contributed by atoms with van der Waals surface area (Å²) in [5.41, 5.74) is 1.12. The molecule has 126 valence electrons. The molecule has 0 bridgehead atoms. The number of hydrogen-bond acceptors (Lipinski definition) is 4. The van der Waals surface area contributed by atoms with Gasteiger partial charge in [-0.2, -0.15) is 5.10 Å².